The van der Waals surface area contributed by atoms with Crippen molar-refractivity contribution >= 4 is 27.2 Å². The highest BCUT2D eigenvalue weighted by molar-refractivity contribution is 7.91. The summed E-state index contributed by atoms with van der Waals surface area (Å²) in [5.41, 5.74) is 1.98. The molecule has 2 aromatic rings. The second-order valence-electron chi connectivity index (χ2n) is 6.23. The average molecular weight is 364 g/mol. The lowest BCUT2D eigenvalue weighted by Crippen LogP contribution is -2.37. The fourth-order valence-corrected chi connectivity index (χ4v) is 5.98. The molecule has 2 aliphatic heterocycles. The van der Waals surface area contributed by atoms with Gasteiger partial charge in [0.25, 0.3) is 10.0 Å². The number of fused-ring (bicyclic) bond motifs is 1. The van der Waals surface area contributed by atoms with Gasteiger partial charge in [0.05, 0.1) is 5.69 Å². The number of nitrogens with zero attached hydrogens (tertiary/aromatic N) is 4. The lowest BCUT2D eigenvalue weighted by atomic mass is 10.1. The van der Waals surface area contributed by atoms with Gasteiger partial charge in [-0.3, -0.25) is 0 Å². The molecule has 0 saturated carbocycles. The summed E-state index contributed by atoms with van der Waals surface area (Å²) in [7, 11) is -3.43. The molecular formula is C16H20N4O2S2. The first kappa shape index (κ1) is 16.0. The van der Waals surface area contributed by atoms with Gasteiger partial charge in [0.1, 0.15) is 15.9 Å². The molecule has 0 atom stereocenters. The van der Waals surface area contributed by atoms with Gasteiger partial charge in [-0.05, 0) is 31.2 Å². The minimum Gasteiger partial charge on any atom is -0.356 e. The zero-order chi connectivity index (χ0) is 16.7. The summed E-state index contributed by atoms with van der Waals surface area (Å²) in [4.78, 5) is 11.5. The van der Waals surface area contributed by atoms with Crippen molar-refractivity contribution in [2.24, 2.45) is 0 Å². The highest BCUT2D eigenvalue weighted by Crippen LogP contribution is 2.32. The van der Waals surface area contributed by atoms with E-state index in [2.05, 4.69) is 14.9 Å². The predicted molar refractivity (Wildman–Crippen MR) is 93.8 cm³/mol. The molecular weight excluding hydrogens is 344 g/mol. The number of rotatable bonds is 3. The van der Waals surface area contributed by atoms with E-state index < -0.39 is 10.0 Å². The van der Waals surface area contributed by atoms with E-state index in [1.807, 2.05) is 6.92 Å². The van der Waals surface area contributed by atoms with E-state index >= 15 is 0 Å². The molecule has 4 rings (SSSR count). The molecule has 2 aromatic heterocycles. The average Bonchev–Trinajstić information content (AvgIpc) is 3.27. The number of aromatic nitrogens is 2. The molecule has 1 fully saturated rings. The largest absolute Gasteiger partial charge is 0.356 e. The van der Waals surface area contributed by atoms with Crippen LogP contribution in [0.25, 0.3) is 0 Å². The van der Waals surface area contributed by atoms with Crippen molar-refractivity contribution in [2.75, 3.05) is 24.5 Å². The van der Waals surface area contributed by atoms with Gasteiger partial charge in [-0.1, -0.05) is 6.07 Å². The van der Waals surface area contributed by atoms with Crippen LogP contribution in [0, 0.1) is 6.92 Å². The molecule has 8 heteroatoms. The maximum atomic E-state index is 12.8. The Morgan fingerprint density at radius 1 is 1.17 bits per heavy atom. The quantitative estimate of drug-likeness (QED) is 0.835. The van der Waals surface area contributed by atoms with Crippen LogP contribution in [0.15, 0.2) is 21.7 Å². The SMILES string of the molecule is Cc1nc2c(c(N3CCCC3)n1)CN(S(=O)(=O)c1cccs1)CC2. The van der Waals surface area contributed by atoms with Crippen molar-refractivity contribution in [3.63, 3.8) is 0 Å². The number of sulfonamides is 1. The summed E-state index contributed by atoms with van der Waals surface area (Å²) in [6.07, 6.45) is 2.97. The predicted octanol–water partition coefficient (Wildman–Crippen LogP) is 2.19. The highest BCUT2D eigenvalue weighted by Gasteiger charge is 2.32. The lowest BCUT2D eigenvalue weighted by molar-refractivity contribution is 0.387. The Balaban J connectivity index is 1.72. The molecule has 0 spiro atoms. The van der Waals surface area contributed by atoms with Gasteiger partial charge < -0.3 is 4.90 Å². The molecule has 0 aromatic carbocycles. The van der Waals surface area contributed by atoms with Crippen LogP contribution in [0.4, 0.5) is 5.82 Å². The molecule has 0 bridgehead atoms. The molecule has 24 heavy (non-hydrogen) atoms. The van der Waals surface area contributed by atoms with Crippen molar-refractivity contribution in [3.8, 4) is 0 Å². The summed E-state index contributed by atoms with van der Waals surface area (Å²) >= 11 is 1.27. The molecule has 128 valence electrons. The van der Waals surface area contributed by atoms with E-state index in [0.717, 1.165) is 48.8 Å². The van der Waals surface area contributed by atoms with Crippen molar-refractivity contribution in [1.82, 2.24) is 14.3 Å². The molecule has 1 saturated heterocycles. The van der Waals surface area contributed by atoms with Gasteiger partial charge >= 0.3 is 0 Å². The van der Waals surface area contributed by atoms with E-state index in [4.69, 9.17) is 0 Å². The summed E-state index contributed by atoms with van der Waals surface area (Å²) in [5.74, 6) is 1.70. The summed E-state index contributed by atoms with van der Waals surface area (Å²) < 4.78 is 27.7. The third kappa shape index (κ3) is 2.72. The van der Waals surface area contributed by atoms with Crippen molar-refractivity contribution in [2.45, 2.75) is 36.9 Å². The number of aryl methyl sites for hydroxylation is 1. The minimum absolute atomic E-state index is 0.363. The zero-order valence-electron chi connectivity index (χ0n) is 13.6. The Hall–Kier alpha value is -1.51. The van der Waals surface area contributed by atoms with E-state index in [-0.39, 0.29) is 0 Å². The second-order valence-corrected chi connectivity index (χ2v) is 9.35. The lowest BCUT2D eigenvalue weighted by Gasteiger charge is -2.30. The zero-order valence-corrected chi connectivity index (χ0v) is 15.2. The van der Waals surface area contributed by atoms with Gasteiger partial charge in [-0.2, -0.15) is 4.31 Å². The Morgan fingerprint density at radius 3 is 2.67 bits per heavy atom. The first-order valence-corrected chi connectivity index (χ1v) is 10.5. The van der Waals surface area contributed by atoms with Crippen molar-refractivity contribution in [1.29, 1.82) is 0 Å². The third-order valence-electron chi connectivity index (χ3n) is 4.61. The van der Waals surface area contributed by atoms with Crippen LogP contribution in [-0.2, 0) is 23.0 Å². The molecule has 4 heterocycles. The minimum atomic E-state index is -3.43. The van der Waals surface area contributed by atoms with Crippen molar-refractivity contribution < 1.29 is 8.42 Å². The molecule has 0 amide bonds. The molecule has 2 aliphatic rings. The Bertz CT molecular complexity index is 843. The van der Waals surface area contributed by atoms with Crippen LogP contribution in [-0.4, -0.2) is 42.3 Å². The summed E-state index contributed by atoms with van der Waals surface area (Å²) in [6.45, 7) is 4.72. The standard InChI is InChI=1S/C16H20N4O2S2/c1-12-17-14-6-9-20(24(21,22)15-5-4-10-23-15)11-13(14)16(18-12)19-7-2-3-8-19/h4-5,10H,2-3,6-9,11H2,1H3. The van der Waals surface area contributed by atoms with Gasteiger partial charge in [0.2, 0.25) is 0 Å². The first-order valence-electron chi connectivity index (χ1n) is 8.21. The number of thiophene rings is 1. The van der Waals surface area contributed by atoms with Gasteiger partial charge in [-0.25, -0.2) is 18.4 Å². The normalized spacial score (nSPS) is 18.8. The maximum Gasteiger partial charge on any atom is 0.252 e. The van der Waals surface area contributed by atoms with E-state index in [9.17, 15) is 8.42 Å². The van der Waals surface area contributed by atoms with E-state index in [1.54, 1.807) is 21.8 Å². The van der Waals surface area contributed by atoms with Crippen LogP contribution in [0.1, 0.15) is 29.9 Å². The second kappa shape index (κ2) is 6.09. The van der Waals surface area contributed by atoms with Crippen LogP contribution in [0.2, 0.25) is 0 Å². The molecule has 0 N–H and O–H groups in total. The summed E-state index contributed by atoms with van der Waals surface area (Å²) in [6, 6.07) is 3.44. The number of hydrogen-bond donors (Lipinski definition) is 0. The number of hydrogen-bond acceptors (Lipinski definition) is 6. The van der Waals surface area contributed by atoms with E-state index in [1.165, 1.54) is 11.3 Å². The van der Waals surface area contributed by atoms with Crippen LogP contribution < -0.4 is 4.90 Å². The molecule has 0 unspecified atom stereocenters. The van der Waals surface area contributed by atoms with Crippen LogP contribution >= 0.6 is 11.3 Å². The van der Waals surface area contributed by atoms with Crippen LogP contribution in [0.5, 0.6) is 0 Å². The van der Waals surface area contributed by atoms with Crippen LogP contribution in [0.3, 0.4) is 0 Å². The molecule has 6 nitrogen and oxygen atoms in total. The van der Waals surface area contributed by atoms with Gasteiger partial charge in [0, 0.05) is 38.2 Å². The first-order chi connectivity index (χ1) is 11.6. The molecule has 0 aliphatic carbocycles. The fraction of sp³-hybridized carbons (Fsp3) is 0.500. The smallest absolute Gasteiger partial charge is 0.252 e. The monoisotopic (exact) mass is 364 g/mol. The number of anilines is 1. The Kier molecular flexibility index (Phi) is 4.06. The molecule has 0 radical (unpaired) electrons. The Labute approximate surface area is 146 Å². The maximum absolute atomic E-state index is 12.8. The third-order valence-corrected chi connectivity index (χ3v) is 7.83. The highest BCUT2D eigenvalue weighted by atomic mass is 32.2. The van der Waals surface area contributed by atoms with Gasteiger partial charge in [0.15, 0.2) is 0 Å². The van der Waals surface area contributed by atoms with Crippen molar-refractivity contribution in [3.05, 3.63) is 34.6 Å². The van der Waals surface area contributed by atoms with E-state index in [0.29, 0.717) is 23.7 Å². The van der Waals surface area contributed by atoms with Gasteiger partial charge in [-0.15, -0.1) is 11.3 Å². The summed E-state index contributed by atoms with van der Waals surface area (Å²) in [5, 5.41) is 1.80. The fourth-order valence-electron chi connectivity index (χ4n) is 3.43. The topological polar surface area (TPSA) is 66.4 Å². The Morgan fingerprint density at radius 2 is 1.96 bits per heavy atom.